The molecule has 0 aromatic carbocycles. The van der Waals surface area contributed by atoms with E-state index >= 15 is 0 Å². The van der Waals surface area contributed by atoms with Gasteiger partial charge in [-0.05, 0) is 72.0 Å². The molecule has 0 aromatic rings. The van der Waals surface area contributed by atoms with Crippen LogP contribution in [0.2, 0.25) is 0 Å². The maximum atomic E-state index is 6.32. The highest BCUT2D eigenvalue weighted by Gasteiger charge is 3.10. The van der Waals surface area contributed by atoms with Crippen LogP contribution in [0.25, 0.3) is 0 Å². The van der Waals surface area contributed by atoms with Gasteiger partial charge in [0, 0.05) is 6.04 Å². The molecule has 6 saturated carbocycles. The first-order valence-corrected chi connectivity index (χ1v) is 7.03. The van der Waals surface area contributed by atoms with Gasteiger partial charge in [0.2, 0.25) is 0 Å². The predicted molar refractivity (Wildman–Crippen MR) is 57.0 cm³/mol. The summed E-state index contributed by atoms with van der Waals surface area (Å²) >= 11 is 0. The SMILES string of the molecule is NC1CC12C1(CCC1)C21CC12C1CCC12. The molecule has 6 aliphatic rings. The summed E-state index contributed by atoms with van der Waals surface area (Å²) in [5, 5.41) is 0. The molecule has 0 aliphatic heterocycles. The topological polar surface area (TPSA) is 26.0 Å². The highest BCUT2D eigenvalue weighted by Crippen LogP contribution is 3.14. The summed E-state index contributed by atoms with van der Waals surface area (Å²) in [5.74, 6) is 2.39. The fourth-order valence-corrected chi connectivity index (χ4v) is 7.71. The van der Waals surface area contributed by atoms with Crippen molar-refractivity contribution in [3.63, 3.8) is 0 Å². The van der Waals surface area contributed by atoms with E-state index in [0.29, 0.717) is 6.04 Å². The molecule has 4 spiro atoms. The summed E-state index contributed by atoms with van der Waals surface area (Å²) in [6.07, 6.45) is 10.8. The Labute approximate surface area is 90.8 Å². The minimum Gasteiger partial charge on any atom is -0.327 e. The number of hydrogen-bond acceptors (Lipinski definition) is 1. The molecule has 6 aliphatic carbocycles. The van der Waals surface area contributed by atoms with E-state index < -0.39 is 0 Å². The van der Waals surface area contributed by atoms with Crippen molar-refractivity contribution in [2.24, 2.45) is 39.2 Å². The van der Waals surface area contributed by atoms with E-state index in [1.807, 2.05) is 0 Å². The Morgan fingerprint density at radius 1 is 1.07 bits per heavy atom. The molecule has 5 unspecified atom stereocenters. The molecule has 5 atom stereocenters. The van der Waals surface area contributed by atoms with Gasteiger partial charge in [0.15, 0.2) is 0 Å². The lowest BCUT2D eigenvalue weighted by molar-refractivity contribution is 0.221. The second kappa shape index (κ2) is 1.47. The normalized spacial score (nSPS) is 77.8. The molecule has 0 radical (unpaired) electrons. The Morgan fingerprint density at radius 3 is 2.07 bits per heavy atom. The van der Waals surface area contributed by atoms with Gasteiger partial charge >= 0.3 is 0 Å². The van der Waals surface area contributed by atoms with Crippen molar-refractivity contribution >= 4 is 0 Å². The van der Waals surface area contributed by atoms with Crippen LogP contribution in [0.4, 0.5) is 0 Å². The Hall–Kier alpha value is -0.0400. The molecule has 15 heavy (non-hydrogen) atoms. The molecular weight excluding hydrogens is 182 g/mol. The van der Waals surface area contributed by atoms with Crippen LogP contribution in [0.3, 0.4) is 0 Å². The number of hydrogen-bond donors (Lipinski definition) is 1. The van der Waals surface area contributed by atoms with E-state index in [-0.39, 0.29) is 0 Å². The Bertz CT molecular complexity index is 402. The van der Waals surface area contributed by atoms with Crippen LogP contribution >= 0.6 is 0 Å². The van der Waals surface area contributed by atoms with Crippen LogP contribution in [0.15, 0.2) is 0 Å². The van der Waals surface area contributed by atoms with E-state index in [0.717, 1.165) is 21.7 Å². The third-order valence-electron chi connectivity index (χ3n) is 8.31. The largest absolute Gasteiger partial charge is 0.327 e. The van der Waals surface area contributed by atoms with E-state index in [1.54, 1.807) is 32.1 Å². The quantitative estimate of drug-likeness (QED) is 0.639. The lowest BCUT2D eigenvalue weighted by Gasteiger charge is -2.28. The Kier molecular flexibility index (Phi) is 0.716. The van der Waals surface area contributed by atoms with Crippen molar-refractivity contribution in [1.29, 1.82) is 0 Å². The van der Waals surface area contributed by atoms with Crippen LogP contribution in [0.5, 0.6) is 0 Å². The van der Waals surface area contributed by atoms with Gasteiger partial charge in [-0.15, -0.1) is 0 Å². The van der Waals surface area contributed by atoms with Crippen molar-refractivity contribution in [2.75, 3.05) is 0 Å². The summed E-state index contributed by atoms with van der Waals surface area (Å²) in [5.41, 5.74) is 9.66. The van der Waals surface area contributed by atoms with E-state index in [9.17, 15) is 0 Å². The van der Waals surface area contributed by atoms with Crippen LogP contribution < -0.4 is 5.73 Å². The van der Waals surface area contributed by atoms with Crippen LogP contribution in [-0.4, -0.2) is 6.04 Å². The molecular formula is C14H19N. The molecule has 80 valence electrons. The standard InChI is InChI=1S/C14H19N/c15-10-6-13(10)11(4-1-5-11)14(13)7-12(14)8-2-3-9(8)12/h8-10H,1-7,15H2. The molecule has 6 rings (SSSR count). The van der Waals surface area contributed by atoms with Crippen molar-refractivity contribution in [2.45, 2.75) is 51.0 Å². The number of nitrogens with two attached hydrogens (primary N) is 1. The van der Waals surface area contributed by atoms with Crippen molar-refractivity contribution in [3.05, 3.63) is 0 Å². The molecule has 6 fully saturated rings. The third-order valence-corrected chi connectivity index (χ3v) is 8.31. The maximum absolute atomic E-state index is 6.32. The Morgan fingerprint density at radius 2 is 1.73 bits per heavy atom. The molecule has 1 nitrogen and oxygen atoms in total. The first-order chi connectivity index (χ1) is 7.27. The molecule has 0 aromatic heterocycles. The van der Waals surface area contributed by atoms with Crippen LogP contribution in [-0.2, 0) is 0 Å². The zero-order valence-electron chi connectivity index (χ0n) is 9.26. The van der Waals surface area contributed by atoms with Crippen LogP contribution in [0.1, 0.15) is 44.9 Å². The maximum Gasteiger partial charge on any atom is 0.0114 e. The fourth-order valence-electron chi connectivity index (χ4n) is 7.71. The average molecular weight is 201 g/mol. The van der Waals surface area contributed by atoms with Gasteiger partial charge < -0.3 is 5.73 Å². The zero-order valence-corrected chi connectivity index (χ0v) is 9.26. The lowest BCUT2D eigenvalue weighted by Crippen LogP contribution is -2.19. The summed E-state index contributed by atoms with van der Waals surface area (Å²) in [4.78, 5) is 0. The summed E-state index contributed by atoms with van der Waals surface area (Å²) < 4.78 is 0. The monoisotopic (exact) mass is 201 g/mol. The van der Waals surface area contributed by atoms with Gasteiger partial charge in [-0.1, -0.05) is 6.42 Å². The van der Waals surface area contributed by atoms with Crippen molar-refractivity contribution in [1.82, 2.24) is 0 Å². The first-order valence-electron chi connectivity index (χ1n) is 7.03. The predicted octanol–water partition coefficient (Wildman–Crippen LogP) is 2.30. The lowest BCUT2D eigenvalue weighted by atomic mass is 9.76. The number of fused-ring (bicyclic) bond motifs is 7. The van der Waals surface area contributed by atoms with E-state index in [1.165, 1.54) is 24.7 Å². The minimum atomic E-state index is 0.622. The second-order valence-corrected chi connectivity index (χ2v) is 7.63. The van der Waals surface area contributed by atoms with Gasteiger partial charge in [0.05, 0.1) is 0 Å². The highest BCUT2D eigenvalue weighted by molar-refractivity contribution is 5.58. The van der Waals surface area contributed by atoms with Gasteiger partial charge in [-0.2, -0.15) is 0 Å². The minimum absolute atomic E-state index is 0.622. The fraction of sp³-hybridized carbons (Fsp3) is 1.00. The van der Waals surface area contributed by atoms with Crippen LogP contribution in [0, 0.1) is 33.5 Å². The Balaban J connectivity index is 1.53. The molecule has 0 amide bonds. The summed E-state index contributed by atoms with van der Waals surface area (Å²) in [7, 11) is 0. The van der Waals surface area contributed by atoms with Gasteiger partial charge in [-0.3, -0.25) is 0 Å². The summed E-state index contributed by atoms with van der Waals surface area (Å²) in [6, 6.07) is 0.622. The van der Waals surface area contributed by atoms with Gasteiger partial charge in [0.25, 0.3) is 0 Å². The molecule has 1 heteroatoms. The molecule has 0 saturated heterocycles. The zero-order chi connectivity index (χ0) is 9.68. The number of rotatable bonds is 0. The average Bonchev–Trinajstić information content (AvgIpc) is 2.92. The molecule has 0 bridgehead atoms. The van der Waals surface area contributed by atoms with Gasteiger partial charge in [-0.25, -0.2) is 0 Å². The molecule has 0 heterocycles. The van der Waals surface area contributed by atoms with Crippen molar-refractivity contribution < 1.29 is 0 Å². The van der Waals surface area contributed by atoms with E-state index in [2.05, 4.69) is 0 Å². The smallest absolute Gasteiger partial charge is 0.0114 e. The first kappa shape index (κ1) is 7.32. The second-order valence-electron chi connectivity index (χ2n) is 7.63. The van der Waals surface area contributed by atoms with E-state index in [4.69, 9.17) is 5.73 Å². The van der Waals surface area contributed by atoms with Crippen molar-refractivity contribution in [3.8, 4) is 0 Å². The molecule has 2 N–H and O–H groups in total. The third kappa shape index (κ3) is 0.365. The highest BCUT2D eigenvalue weighted by atomic mass is 15.2. The van der Waals surface area contributed by atoms with Gasteiger partial charge in [0.1, 0.15) is 0 Å². The summed E-state index contributed by atoms with van der Waals surface area (Å²) in [6.45, 7) is 0.